The quantitative estimate of drug-likeness (QED) is 0.0222. The van der Waals surface area contributed by atoms with E-state index >= 15 is 0 Å². The number of ketones is 1. The molecule has 4 aromatic carbocycles. The van der Waals surface area contributed by atoms with E-state index in [1.54, 1.807) is 43.3 Å². The molecule has 286 valence electrons. The number of carboxylic acid groups (broad SMARTS) is 2. The Hall–Kier alpha value is -4.71. The van der Waals surface area contributed by atoms with E-state index in [4.69, 9.17) is 4.74 Å². The molecule has 5 N–H and O–H groups in total. The largest absolute Gasteiger partial charge is 1.00 e. The third-order valence-corrected chi connectivity index (χ3v) is 8.46. The fourth-order valence-electron chi connectivity index (χ4n) is 4.88. The van der Waals surface area contributed by atoms with Gasteiger partial charge in [-0.3, -0.25) is 19.6 Å². The summed E-state index contributed by atoms with van der Waals surface area (Å²) in [7, 11) is -3.79. The maximum atomic E-state index is 13.2. The minimum absolute atomic E-state index is 0. The Morgan fingerprint density at radius 2 is 1.46 bits per heavy atom. The molecule has 0 spiro atoms. The van der Waals surface area contributed by atoms with E-state index in [0.29, 0.717) is 23.0 Å². The Labute approximate surface area is 401 Å². The Kier molecular flexibility index (Phi) is 18.8. The number of aromatic carboxylic acids is 1. The second kappa shape index (κ2) is 22.1. The van der Waals surface area contributed by atoms with E-state index in [1.165, 1.54) is 37.5 Å². The average molecular weight is 850 g/mol. The molecule has 0 fully saturated rings. The topological polar surface area (TPSA) is 303 Å². The van der Waals surface area contributed by atoms with E-state index in [2.05, 4.69) is 36.7 Å². The number of methoxy groups -OCH3 is 1. The summed E-state index contributed by atoms with van der Waals surface area (Å²) in [6.45, 7) is 1.59. The molecule has 19 nitrogen and oxygen atoms in total. The normalized spacial score (nSPS) is 12.6. The number of carbonyl (C=O) groups excluding carboxylic acids is 5. The van der Waals surface area contributed by atoms with E-state index in [0.717, 1.165) is 18.2 Å². The van der Waals surface area contributed by atoms with Crippen LogP contribution in [0.3, 0.4) is 0 Å². The maximum absolute atomic E-state index is 13.2. The molecule has 0 radical (unpaired) electrons. The number of anilines is 4. The predicted molar refractivity (Wildman–Crippen MR) is 194 cm³/mol. The number of aryl methyl sites for hydroxylation is 1. The van der Waals surface area contributed by atoms with Crippen molar-refractivity contribution in [1.82, 2.24) is 0 Å². The first-order chi connectivity index (χ1) is 26.5. The molecule has 1 aliphatic carbocycles. The van der Waals surface area contributed by atoms with Gasteiger partial charge in [-0.1, -0.05) is 11.8 Å². The first kappa shape index (κ1) is 50.4. The van der Waals surface area contributed by atoms with Gasteiger partial charge in [-0.05, 0) is 96.9 Å². The number of azo groups is 1. The van der Waals surface area contributed by atoms with Crippen molar-refractivity contribution >= 4 is 79.6 Å². The van der Waals surface area contributed by atoms with E-state index in [9.17, 15) is 52.3 Å². The number of rotatable bonds is 12. The minimum Gasteiger partial charge on any atom is -0.871 e. The van der Waals surface area contributed by atoms with Gasteiger partial charge in [-0.25, -0.2) is 4.79 Å². The van der Waals surface area contributed by atoms with Crippen LogP contribution in [-0.2, 0) is 19.7 Å². The second-order valence-electron chi connectivity index (χ2n) is 11.5. The summed E-state index contributed by atoms with van der Waals surface area (Å²) in [5.41, 5.74) is 3.01. The van der Waals surface area contributed by atoms with Crippen molar-refractivity contribution in [2.24, 2.45) is 15.3 Å². The first-order valence-corrected chi connectivity index (χ1v) is 17.2. The summed E-state index contributed by atoms with van der Waals surface area (Å²) in [4.78, 5) is 58.8. The van der Waals surface area contributed by atoms with Crippen molar-refractivity contribution in [3.63, 3.8) is 0 Å². The molecule has 0 aliphatic heterocycles. The van der Waals surface area contributed by atoms with Gasteiger partial charge in [0.25, 0.3) is 16.0 Å². The number of nitrogens with zero attached hydrogens (tertiary/aromatic N) is 3. The molecule has 0 saturated carbocycles. The van der Waals surface area contributed by atoms with Crippen LogP contribution in [-0.4, -0.2) is 55.5 Å². The van der Waals surface area contributed by atoms with Crippen molar-refractivity contribution in [3.8, 4) is 11.5 Å². The standard InChI is InChI=1S/C36H29N7O12S.3Na/c1-18-12-28(30(55-2)17-27(18)43-42-24-15-26(35(49)50)32(45)31(16-24)56(52,53)54)39-33(46)19-4-3-5-22(13-19)38-36(51)37-20-6-8-21(9-7-20)40-41-23-10-11-29(44)25(14-23)34(47)48;;;/h3-17,40,45H,1-2H3,(H,39,46)(H,47,48)(H,49,50)(H2,37,38,51)(H,52,53,54);;;/q;3*+1/p-3. The molecule has 0 saturated heterocycles. The summed E-state index contributed by atoms with van der Waals surface area (Å²) in [5, 5.41) is 54.4. The third kappa shape index (κ3) is 13.4. The summed E-state index contributed by atoms with van der Waals surface area (Å²) in [6, 6.07) is 15.9. The van der Waals surface area contributed by atoms with Crippen LogP contribution in [0.15, 0.2) is 117 Å². The number of carbonyl (C=O) groups is 5. The Morgan fingerprint density at radius 3 is 2.08 bits per heavy atom. The number of amides is 3. The van der Waals surface area contributed by atoms with Gasteiger partial charge in [0, 0.05) is 28.6 Å². The fraction of sp³-hybridized carbons (Fsp3) is 0.0556. The molecule has 4 aromatic rings. The van der Waals surface area contributed by atoms with Crippen molar-refractivity contribution in [2.75, 3.05) is 28.5 Å². The van der Waals surface area contributed by atoms with Crippen LogP contribution in [0.1, 0.15) is 26.3 Å². The molecule has 59 heavy (non-hydrogen) atoms. The molecule has 5 rings (SSSR count). The van der Waals surface area contributed by atoms with Gasteiger partial charge < -0.3 is 45.6 Å². The smallest absolute Gasteiger partial charge is 0.871 e. The predicted octanol–water partition coefficient (Wildman–Crippen LogP) is -6.41. The van der Waals surface area contributed by atoms with Crippen molar-refractivity contribution in [3.05, 3.63) is 113 Å². The Bertz CT molecular complexity index is 2550. The fourth-order valence-corrected chi connectivity index (χ4v) is 5.50. The summed E-state index contributed by atoms with van der Waals surface area (Å²) >= 11 is 0. The van der Waals surface area contributed by atoms with Gasteiger partial charge in [-0.2, -0.15) is 23.7 Å². The number of aliphatic carboxylic acids is 1. The zero-order valence-corrected chi connectivity index (χ0v) is 38.7. The molecule has 0 atom stereocenters. The molecule has 23 heteroatoms. The molecule has 1 aliphatic rings. The van der Waals surface area contributed by atoms with Crippen LogP contribution < -0.4 is 130 Å². The van der Waals surface area contributed by atoms with Crippen molar-refractivity contribution in [2.45, 2.75) is 11.8 Å². The summed E-state index contributed by atoms with van der Waals surface area (Å²) in [6.07, 6.45) is 3.47. The number of carboxylic acids is 2. The number of allylic oxidation sites excluding steroid dienone is 3. The first-order valence-electron chi connectivity index (χ1n) is 15.7. The van der Waals surface area contributed by atoms with Crippen LogP contribution >= 0.6 is 0 Å². The minimum atomic E-state index is -5.10. The number of benzene rings is 4. The van der Waals surface area contributed by atoms with Gasteiger partial charge in [-0.15, -0.1) is 0 Å². The van der Waals surface area contributed by atoms with Gasteiger partial charge in [0.05, 0.1) is 52.4 Å². The number of ether oxygens (including phenoxy) is 1. The summed E-state index contributed by atoms with van der Waals surface area (Å²) in [5.74, 6) is -6.25. The SMILES string of the molecule is COc1cc(N=Nc2cc(C(=O)[O-])c([O-])c(S(=O)(=O)O)c2)c(C)cc1NC(=O)c1cccc(NC(=O)Nc2ccc(NN=C3C=CC(=O)C(C(=O)[O-])=C3)cc2)c1.[Na+].[Na+].[Na+]. The number of hydrazone groups is 1. The summed E-state index contributed by atoms with van der Waals surface area (Å²) < 4.78 is 38.0. The van der Waals surface area contributed by atoms with Gasteiger partial charge in [0.2, 0.25) is 0 Å². The number of hydrogen-bond acceptors (Lipinski definition) is 15. The zero-order valence-electron chi connectivity index (χ0n) is 31.8. The molecular formula is C36H26N7Na3O12S. The second-order valence-corrected chi connectivity index (χ2v) is 12.9. The number of nitrogens with one attached hydrogen (secondary N) is 4. The van der Waals surface area contributed by atoms with Crippen LogP contribution in [0.5, 0.6) is 11.5 Å². The van der Waals surface area contributed by atoms with Crippen molar-refractivity contribution in [1.29, 1.82) is 0 Å². The van der Waals surface area contributed by atoms with Crippen LogP contribution in [0.25, 0.3) is 0 Å². The van der Waals surface area contributed by atoms with E-state index < -0.39 is 67.2 Å². The molecule has 0 aromatic heterocycles. The average Bonchev–Trinajstić information content (AvgIpc) is 3.14. The van der Waals surface area contributed by atoms with Gasteiger partial charge in [0.15, 0.2) is 5.78 Å². The maximum Gasteiger partial charge on any atom is 1.00 e. The zero-order chi connectivity index (χ0) is 40.7. The Balaban J connectivity index is 0.00000400. The Morgan fingerprint density at radius 1 is 0.797 bits per heavy atom. The van der Waals surface area contributed by atoms with Crippen LogP contribution in [0, 0.1) is 6.92 Å². The van der Waals surface area contributed by atoms with E-state index in [1.807, 2.05) is 0 Å². The molecular weight excluding hydrogens is 823 g/mol. The van der Waals surface area contributed by atoms with Gasteiger partial charge in [0.1, 0.15) is 5.75 Å². The van der Waals surface area contributed by atoms with Crippen molar-refractivity contribution < 1.29 is 146 Å². The molecule has 0 heterocycles. The van der Waals surface area contributed by atoms with E-state index in [-0.39, 0.29) is 123 Å². The number of urea groups is 1. The molecule has 0 unspecified atom stereocenters. The van der Waals surface area contributed by atoms with Crippen LogP contribution in [0.4, 0.5) is 38.9 Å². The molecule has 3 amide bonds. The molecule has 0 bridgehead atoms. The monoisotopic (exact) mass is 849 g/mol. The number of hydrogen-bond donors (Lipinski definition) is 5. The van der Waals surface area contributed by atoms with Gasteiger partial charge >= 0.3 is 94.7 Å². The van der Waals surface area contributed by atoms with Crippen LogP contribution in [0.2, 0.25) is 0 Å². The third-order valence-electron chi connectivity index (χ3n) is 7.60.